The summed E-state index contributed by atoms with van der Waals surface area (Å²) in [4.78, 5) is 42.6. The van der Waals surface area contributed by atoms with Gasteiger partial charge in [0.2, 0.25) is 0 Å². The Morgan fingerprint density at radius 1 is 1.45 bits per heavy atom. The Bertz CT molecular complexity index is 645. The fourth-order valence-electron chi connectivity index (χ4n) is 2.51. The first-order valence-electron chi connectivity index (χ1n) is 6.28. The van der Waals surface area contributed by atoms with Gasteiger partial charge in [-0.1, -0.05) is 0 Å². The summed E-state index contributed by atoms with van der Waals surface area (Å²) in [6.07, 6.45) is 3.54. The third kappa shape index (κ3) is 3.67. The van der Waals surface area contributed by atoms with Crippen LogP contribution in [0.2, 0.25) is 0 Å². The van der Waals surface area contributed by atoms with Gasteiger partial charge >= 0.3 is 13.5 Å². The van der Waals surface area contributed by atoms with Crippen molar-refractivity contribution in [2.45, 2.75) is 32.2 Å². The van der Waals surface area contributed by atoms with Crippen molar-refractivity contribution in [1.82, 2.24) is 9.55 Å². The van der Waals surface area contributed by atoms with E-state index in [9.17, 15) is 14.2 Å². The molecule has 2 atom stereocenters. The maximum atomic E-state index is 11.8. The van der Waals surface area contributed by atoms with Gasteiger partial charge < -0.3 is 9.79 Å². The summed E-state index contributed by atoms with van der Waals surface area (Å²) >= 11 is 0. The molecule has 1 aromatic rings. The highest BCUT2D eigenvalue weighted by atomic mass is 31.2. The maximum absolute atomic E-state index is 11.8. The zero-order valence-corrected chi connectivity index (χ0v) is 11.9. The molecule has 1 fully saturated rings. The van der Waals surface area contributed by atoms with Crippen molar-refractivity contribution in [2.24, 2.45) is 5.92 Å². The Labute approximate surface area is 114 Å². The van der Waals surface area contributed by atoms with E-state index in [4.69, 9.17) is 9.79 Å². The second-order valence-corrected chi connectivity index (χ2v) is 6.34. The van der Waals surface area contributed by atoms with Gasteiger partial charge in [-0.15, -0.1) is 0 Å². The number of phosphoric acid groups is 1. The van der Waals surface area contributed by atoms with Crippen LogP contribution >= 0.6 is 7.82 Å². The molecule has 0 aliphatic heterocycles. The van der Waals surface area contributed by atoms with Crippen LogP contribution in [0.25, 0.3) is 0 Å². The van der Waals surface area contributed by atoms with Crippen LogP contribution in [0.4, 0.5) is 0 Å². The lowest BCUT2D eigenvalue weighted by molar-refractivity contribution is 0.167. The van der Waals surface area contributed by atoms with Gasteiger partial charge in [-0.25, -0.2) is 9.36 Å². The number of aromatic amines is 1. The number of aryl methyl sites for hydroxylation is 1. The van der Waals surface area contributed by atoms with Gasteiger partial charge in [0.25, 0.3) is 5.56 Å². The first-order valence-corrected chi connectivity index (χ1v) is 7.81. The normalized spacial score (nSPS) is 23.1. The molecule has 1 saturated carbocycles. The average molecular weight is 304 g/mol. The van der Waals surface area contributed by atoms with Crippen LogP contribution in [0, 0.1) is 12.8 Å². The highest BCUT2D eigenvalue weighted by Crippen LogP contribution is 2.40. The van der Waals surface area contributed by atoms with Crippen molar-refractivity contribution < 1.29 is 18.9 Å². The molecular formula is C11H17N2O6P. The van der Waals surface area contributed by atoms with E-state index in [1.54, 1.807) is 6.92 Å². The summed E-state index contributed by atoms with van der Waals surface area (Å²) in [5.41, 5.74) is -0.396. The molecule has 112 valence electrons. The van der Waals surface area contributed by atoms with E-state index in [1.807, 2.05) is 0 Å². The standard InChI is InChI=1S/C11H17N2O6P/c1-7-5-13(11(15)12-10(7)14)9-3-2-8(4-9)6-19-20(16,17)18/h5,8-9H,2-4,6H2,1H3,(H,12,14,15)(H2,16,17,18)/t8-,9+/m1/s1. The van der Waals surface area contributed by atoms with Gasteiger partial charge in [-0.3, -0.25) is 18.9 Å². The Morgan fingerprint density at radius 2 is 2.15 bits per heavy atom. The molecule has 2 rings (SSSR count). The van der Waals surface area contributed by atoms with Crippen LogP contribution in [0.1, 0.15) is 30.9 Å². The molecule has 0 amide bonds. The minimum absolute atomic E-state index is 0.00763. The molecule has 8 nitrogen and oxygen atoms in total. The number of H-pyrrole nitrogens is 1. The lowest BCUT2D eigenvalue weighted by atomic mass is 10.1. The molecule has 0 bridgehead atoms. The minimum Gasteiger partial charge on any atom is -0.303 e. The zero-order valence-electron chi connectivity index (χ0n) is 11.0. The molecule has 0 spiro atoms. The van der Waals surface area contributed by atoms with E-state index in [0.29, 0.717) is 18.4 Å². The van der Waals surface area contributed by atoms with E-state index in [-0.39, 0.29) is 18.6 Å². The number of hydrogen-bond acceptors (Lipinski definition) is 4. The van der Waals surface area contributed by atoms with Gasteiger partial charge in [-0.05, 0) is 32.1 Å². The van der Waals surface area contributed by atoms with Crippen molar-refractivity contribution in [1.29, 1.82) is 0 Å². The molecule has 1 aliphatic rings. The average Bonchev–Trinajstić information content (AvgIpc) is 2.79. The zero-order chi connectivity index (χ0) is 14.9. The Morgan fingerprint density at radius 3 is 2.80 bits per heavy atom. The van der Waals surface area contributed by atoms with E-state index < -0.39 is 19.1 Å². The van der Waals surface area contributed by atoms with Crippen molar-refractivity contribution in [3.05, 3.63) is 32.6 Å². The van der Waals surface area contributed by atoms with Gasteiger partial charge in [0.05, 0.1) is 6.61 Å². The minimum atomic E-state index is -4.45. The summed E-state index contributed by atoms with van der Waals surface area (Å²) in [7, 11) is -4.45. The van der Waals surface area contributed by atoms with Crippen LogP contribution in [0.15, 0.2) is 15.8 Å². The summed E-state index contributed by atoms with van der Waals surface area (Å²) in [6.45, 7) is 1.59. The number of rotatable bonds is 4. The number of nitrogens with zero attached hydrogens (tertiary/aromatic N) is 1. The smallest absolute Gasteiger partial charge is 0.303 e. The van der Waals surface area contributed by atoms with Crippen molar-refractivity contribution >= 4 is 7.82 Å². The molecule has 1 aliphatic carbocycles. The van der Waals surface area contributed by atoms with Gasteiger partial charge in [0, 0.05) is 17.8 Å². The number of phosphoric ester groups is 1. The van der Waals surface area contributed by atoms with Crippen molar-refractivity contribution in [3.8, 4) is 0 Å². The molecule has 1 heterocycles. The monoisotopic (exact) mass is 304 g/mol. The van der Waals surface area contributed by atoms with Crippen LogP contribution < -0.4 is 11.2 Å². The van der Waals surface area contributed by atoms with E-state index in [0.717, 1.165) is 6.42 Å². The topological polar surface area (TPSA) is 122 Å². The van der Waals surface area contributed by atoms with Crippen molar-refractivity contribution in [3.63, 3.8) is 0 Å². The summed E-state index contributed by atoms with van der Waals surface area (Å²) in [5.74, 6) is -0.00763. The molecule has 20 heavy (non-hydrogen) atoms. The SMILES string of the molecule is Cc1cn([C@H]2CC[C@@H](COP(=O)(O)O)C2)c(=O)[nH]c1=O. The summed E-state index contributed by atoms with van der Waals surface area (Å²) in [5, 5.41) is 0. The maximum Gasteiger partial charge on any atom is 0.469 e. The molecule has 0 aromatic carbocycles. The largest absolute Gasteiger partial charge is 0.469 e. The number of nitrogens with one attached hydrogen (secondary N) is 1. The first-order chi connectivity index (χ1) is 9.26. The molecular weight excluding hydrogens is 287 g/mol. The summed E-state index contributed by atoms with van der Waals surface area (Å²) in [6, 6.07) is -0.0802. The Kier molecular flexibility index (Phi) is 4.29. The number of aromatic nitrogens is 2. The quantitative estimate of drug-likeness (QED) is 0.688. The number of hydrogen-bond donors (Lipinski definition) is 3. The van der Waals surface area contributed by atoms with Gasteiger partial charge in [0.15, 0.2) is 0 Å². The van der Waals surface area contributed by atoms with E-state index in [1.165, 1.54) is 10.8 Å². The molecule has 0 radical (unpaired) electrons. The molecule has 0 saturated heterocycles. The molecule has 0 unspecified atom stereocenters. The second kappa shape index (κ2) is 5.65. The molecule has 3 N–H and O–H groups in total. The van der Waals surface area contributed by atoms with Gasteiger partial charge in [-0.2, -0.15) is 0 Å². The third-order valence-electron chi connectivity index (χ3n) is 3.53. The van der Waals surface area contributed by atoms with E-state index in [2.05, 4.69) is 9.51 Å². The predicted molar refractivity (Wildman–Crippen MR) is 70.4 cm³/mol. The fourth-order valence-corrected chi connectivity index (χ4v) is 2.92. The molecule has 1 aromatic heterocycles. The van der Waals surface area contributed by atoms with Crippen LogP contribution in [0.5, 0.6) is 0 Å². The fraction of sp³-hybridized carbons (Fsp3) is 0.636. The second-order valence-electron chi connectivity index (χ2n) is 5.10. The molecule has 9 heteroatoms. The summed E-state index contributed by atoms with van der Waals surface area (Å²) < 4.78 is 16.6. The van der Waals surface area contributed by atoms with E-state index >= 15 is 0 Å². The Hall–Kier alpha value is -1.21. The Balaban J connectivity index is 2.06. The lowest BCUT2D eigenvalue weighted by Gasteiger charge is -2.15. The lowest BCUT2D eigenvalue weighted by Crippen LogP contribution is -2.32. The predicted octanol–water partition coefficient (Wildman–Crippen LogP) is 0.296. The van der Waals surface area contributed by atoms with Crippen LogP contribution in [-0.2, 0) is 9.09 Å². The van der Waals surface area contributed by atoms with Gasteiger partial charge in [0.1, 0.15) is 0 Å². The first kappa shape index (κ1) is 15.2. The van der Waals surface area contributed by atoms with Crippen molar-refractivity contribution in [2.75, 3.05) is 6.61 Å². The third-order valence-corrected chi connectivity index (χ3v) is 4.02. The van der Waals surface area contributed by atoms with Crippen LogP contribution in [0.3, 0.4) is 0 Å². The highest BCUT2D eigenvalue weighted by molar-refractivity contribution is 7.46. The van der Waals surface area contributed by atoms with Crippen LogP contribution in [-0.4, -0.2) is 25.9 Å². The highest BCUT2D eigenvalue weighted by Gasteiger charge is 2.29.